The van der Waals surface area contributed by atoms with Crippen LogP contribution < -0.4 is 15.6 Å². The molecule has 4 rings (SSSR count). The van der Waals surface area contributed by atoms with Crippen LogP contribution in [-0.2, 0) is 5.11 Å². The first-order valence-corrected chi connectivity index (χ1v) is 10.9. The number of hydrogen-bond acceptors (Lipinski definition) is 0. The minimum absolute atomic E-state index is 0.296. The molecule has 0 saturated heterocycles. The first kappa shape index (κ1) is 15.9. The zero-order valence-corrected chi connectivity index (χ0v) is 15.1. The topological polar surface area (TPSA) is 19.9 Å². The fourth-order valence-electron chi connectivity index (χ4n) is 4.28. The lowest BCUT2D eigenvalue weighted by molar-refractivity contribution is 0.287. The smallest absolute Gasteiger partial charge is 0.155 e. The molecule has 1 nitrogen and oxygen atoms in total. The van der Waals surface area contributed by atoms with E-state index in [9.17, 15) is 5.11 Å². The highest BCUT2D eigenvalue weighted by Crippen LogP contribution is 2.36. The van der Waals surface area contributed by atoms with Gasteiger partial charge in [0.25, 0.3) is 0 Å². The largest absolute Gasteiger partial charge is 0.295 e. The maximum atomic E-state index is 12.2. The molecule has 0 amide bonds. The van der Waals surface area contributed by atoms with E-state index in [4.69, 9.17) is 0 Å². The molecule has 1 aliphatic rings. The first-order valence-electron chi connectivity index (χ1n) is 8.86. The molecule has 25 heavy (non-hydrogen) atoms. The molecule has 1 atom stereocenters. The summed E-state index contributed by atoms with van der Waals surface area (Å²) in [6.07, 6.45) is 3.63. The quantitative estimate of drug-likeness (QED) is 0.510. The molecule has 2 heteroatoms. The zero-order chi connectivity index (χ0) is 17.1. The first-order chi connectivity index (χ1) is 12.3. The predicted molar refractivity (Wildman–Crippen MR) is 106 cm³/mol. The molecule has 1 radical (unpaired) electrons. The Morgan fingerprint density at radius 2 is 1.04 bits per heavy atom. The molecule has 123 valence electrons. The highest BCUT2D eigenvalue weighted by Gasteiger charge is 2.46. The molecule has 0 saturated carbocycles. The Bertz CT molecular complexity index is 760. The van der Waals surface area contributed by atoms with Crippen molar-refractivity contribution in [1.82, 2.24) is 0 Å². The van der Waals surface area contributed by atoms with Gasteiger partial charge in [-0.1, -0.05) is 91.0 Å². The molecule has 0 aromatic heterocycles. The van der Waals surface area contributed by atoms with E-state index in [1.54, 1.807) is 0 Å². The second-order valence-electron chi connectivity index (χ2n) is 6.68. The van der Waals surface area contributed by atoms with Gasteiger partial charge in [-0.25, -0.2) is 0 Å². The van der Waals surface area contributed by atoms with Gasteiger partial charge in [-0.2, -0.15) is 0 Å². The van der Waals surface area contributed by atoms with Crippen molar-refractivity contribution in [3.63, 3.8) is 0 Å². The van der Waals surface area contributed by atoms with Gasteiger partial charge in [-0.05, 0) is 33.6 Å². The fraction of sp³-hybridized carbons (Fsp3) is 0.130. The van der Waals surface area contributed by atoms with Crippen molar-refractivity contribution in [2.24, 2.45) is 0 Å². The molecular formula is C23H21OSi. The number of allylic oxidation sites excluding steroid dienone is 2. The second kappa shape index (κ2) is 6.73. The van der Waals surface area contributed by atoms with E-state index < -0.39 is 8.07 Å². The molecule has 3 aromatic rings. The number of rotatable bonds is 4. The lowest BCUT2D eigenvalue weighted by Gasteiger charge is -2.38. The minimum Gasteiger partial charge on any atom is -0.295 e. The lowest BCUT2D eigenvalue weighted by atomic mass is 10.3. The summed E-state index contributed by atoms with van der Waals surface area (Å²) in [5, 5.41) is 16.3. The Morgan fingerprint density at radius 3 is 1.36 bits per heavy atom. The van der Waals surface area contributed by atoms with Crippen LogP contribution in [0.3, 0.4) is 0 Å². The van der Waals surface area contributed by atoms with Gasteiger partial charge in [0.2, 0.25) is 0 Å². The molecule has 0 aliphatic heterocycles. The Balaban J connectivity index is 2.05. The molecule has 0 bridgehead atoms. The van der Waals surface area contributed by atoms with Gasteiger partial charge in [0.05, 0.1) is 0 Å². The highest BCUT2D eigenvalue weighted by molar-refractivity contribution is 7.12. The van der Waals surface area contributed by atoms with Gasteiger partial charge in [0.1, 0.15) is 0 Å². The van der Waals surface area contributed by atoms with Crippen molar-refractivity contribution in [3.8, 4) is 0 Å². The third-order valence-corrected chi connectivity index (χ3v) is 10.6. The molecule has 0 N–H and O–H groups in total. The van der Waals surface area contributed by atoms with Crippen molar-refractivity contribution in [3.05, 3.63) is 103 Å². The fourth-order valence-corrected chi connectivity index (χ4v) is 9.73. The van der Waals surface area contributed by atoms with Gasteiger partial charge < -0.3 is 0 Å². The third kappa shape index (κ3) is 2.73. The molecule has 1 aliphatic carbocycles. The standard InChI is InChI=1S/C23H21OSi/c24-19-16-17-23(18-19)25(20-10-4-1-5-11-20,21-12-6-2-7-13-21)22-14-8-3-9-15-22/h1-15,18,23H,16-17H2. The minimum atomic E-state index is -2.31. The monoisotopic (exact) mass is 341 g/mol. The Hall–Kier alpha value is -2.58. The van der Waals surface area contributed by atoms with E-state index in [2.05, 4.69) is 91.0 Å². The molecule has 0 fully saturated rings. The predicted octanol–water partition coefficient (Wildman–Crippen LogP) is 3.64. The van der Waals surface area contributed by atoms with Crippen LogP contribution in [0.5, 0.6) is 0 Å². The van der Waals surface area contributed by atoms with Gasteiger partial charge in [0, 0.05) is 6.42 Å². The Morgan fingerprint density at radius 1 is 0.640 bits per heavy atom. The summed E-state index contributed by atoms with van der Waals surface area (Å²) in [4.78, 5) is 0. The molecular weight excluding hydrogens is 320 g/mol. The van der Waals surface area contributed by atoms with Crippen molar-refractivity contribution in [2.75, 3.05) is 0 Å². The van der Waals surface area contributed by atoms with Crippen LogP contribution in [0.2, 0.25) is 5.54 Å². The van der Waals surface area contributed by atoms with Gasteiger partial charge in [0.15, 0.2) is 13.8 Å². The summed E-state index contributed by atoms with van der Waals surface area (Å²) in [5.74, 6) is 0.296. The van der Waals surface area contributed by atoms with Crippen molar-refractivity contribution >= 4 is 23.6 Å². The van der Waals surface area contributed by atoms with E-state index in [0.29, 0.717) is 17.7 Å². The average molecular weight is 342 g/mol. The number of benzene rings is 3. The molecule has 3 aromatic carbocycles. The highest BCUT2D eigenvalue weighted by atomic mass is 28.3. The maximum absolute atomic E-state index is 12.2. The van der Waals surface area contributed by atoms with Crippen LogP contribution in [0.1, 0.15) is 12.8 Å². The zero-order valence-electron chi connectivity index (χ0n) is 14.1. The summed E-state index contributed by atoms with van der Waals surface area (Å²) in [5.41, 5.74) is 0.298. The van der Waals surface area contributed by atoms with E-state index >= 15 is 0 Å². The van der Waals surface area contributed by atoms with E-state index in [1.807, 2.05) is 6.08 Å². The summed E-state index contributed by atoms with van der Waals surface area (Å²) < 4.78 is 0. The summed E-state index contributed by atoms with van der Waals surface area (Å²) in [6, 6.07) is 32.5. The normalized spacial score (nSPS) is 17.3. The van der Waals surface area contributed by atoms with E-state index in [1.165, 1.54) is 15.6 Å². The lowest BCUT2D eigenvalue weighted by Crippen LogP contribution is -2.69. The summed E-state index contributed by atoms with van der Waals surface area (Å²) in [6.45, 7) is 0. The summed E-state index contributed by atoms with van der Waals surface area (Å²) >= 11 is 0. The van der Waals surface area contributed by atoms with Crippen molar-refractivity contribution in [1.29, 1.82) is 0 Å². The Kier molecular flexibility index (Phi) is 4.29. The third-order valence-electron chi connectivity index (χ3n) is 5.33. The van der Waals surface area contributed by atoms with Gasteiger partial charge in [-0.15, -0.1) is 0 Å². The van der Waals surface area contributed by atoms with Crippen LogP contribution in [0.15, 0.2) is 103 Å². The van der Waals surface area contributed by atoms with Crippen LogP contribution in [0.25, 0.3) is 0 Å². The van der Waals surface area contributed by atoms with Crippen LogP contribution in [0, 0.1) is 0 Å². The summed E-state index contributed by atoms with van der Waals surface area (Å²) in [7, 11) is -2.31. The molecule has 1 unspecified atom stereocenters. The molecule has 0 heterocycles. The van der Waals surface area contributed by atoms with E-state index in [0.717, 1.165) is 6.42 Å². The molecule has 0 spiro atoms. The Labute approximate surface area is 150 Å². The van der Waals surface area contributed by atoms with Crippen LogP contribution in [0.4, 0.5) is 0 Å². The SMILES string of the molecule is [O]C1=CC([Si](c2ccccc2)(c2ccccc2)c2ccccc2)CC1. The van der Waals surface area contributed by atoms with E-state index in [-0.39, 0.29) is 0 Å². The van der Waals surface area contributed by atoms with Gasteiger partial charge >= 0.3 is 0 Å². The van der Waals surface area contributed by atoms with Crippen LogP contribution in [-0.4, -0.2) is 8.07 Å². The maximum Gasteiger partial charge on any atom is 0.155 e. The second-order valence-corrected chi connectivity index (χ2v) is 10.8. The van der Waals surface area contributed by atoms with Crippen molar-refractivity contribution in [2.45, 2.75) is 18.4 Å². The van der Waals surface area contributed by atoms with Crippen LogP contribution >= 0.6 is 0 Å². The number of hydrogen-bond donors (Lipinski definition) is 0. The average Bonchev–Trinajstić information content (AvgIpc) is 3.12. The van der Waals surface area contributed by atoms with Crippen molar-refractivity contribution < 1.29 is 5.11 Å². The van der Waals surface area contributed by atoms with Gasteiger partial charge in [-0.3, -0.25) is 5.11 Å².